The zero-order valence-corrected chi connectivity index (χ0v) is 12.4. The molecule has 1 aromatic heterocycles. The summed E-state index contributed by atoms with van der Waals surface area (Å²) in [5.41, 5.74) is 6.59. The van der Waals surface area contributed by atoms with Crippen molar-refractivity contribution in [1.29, 1.82) is 0 Å². The van der Waals surface area contributed by atoms with Gasteiger partial charge in [-0.3, -0.25) is 14.8 Å². The van der Waals surface area contributed by atoms with E-state index in [1.165, 1.54) is 18.7 Å². The normalized spacial score (nSPS) is 11.6. The lowest BCUT2D eigenvalue weighted by molar-refractivity contribution is -0.127. The van der Waals surface area contributed by atoms with Gasteiger partial charge in [-0.15, -0.1) is 0 Å². The summed E-state index contributed by atoms with van der Waals surface area (Å²) in [6.07, 6.45) is -1.14. The van der Waals surface area contributed by atoms with Gasteiger partial charge in [-0.1, -0.05) is 0 Å². The molecule has 0 saturated carbocycles. The van der Waals surface area contributed by atoms with Crippen LogP contribution in [0, 0.1) is 6.92 Å². The van der Waals surface area contributed by atoms with Crippen LogP contribution in [0.4, 0.5) is 10.5 Å². The van der Waals surface area contributed by atoms with Crippen molar-refractivity contribution in [2.45, 2.75) is 33.4 Å². The number of anilines is 1. The first-order valence-electron chi connectivity index (χ1n) is 6.38. The minimum absolute atomic E-state index is 0.0922. The second-order valence-corrected chi connectivity index (χ2v) is 4.28. The molecule has 116 valence electrons. The molecule has 0 saturated heterocycles. The summed E-state index contributed by atoms with van der Waals surface area (Å²) in [5, 5.41) is 8.33. The van der Waals surface area contributed by atoms with Crippen LogP contribution in [-0.2, 0) is 16.1 Å². The number of hydrogen-bond acceptors (Lipinski definition) is 6. The fraction of sp³-hybridized carbons (Fsp3) is 0.500. The van der Waals surface area contributed by atoms with E-state index in [-0.39, 0.29) is 11.4 Å². The molecule has 0 radical (unpaired) electrons. The summed E-state index contributed by atoms with van der Waals surface area (Å²) < 4.78 is 6.41. The minimum Gasteiger partial charge on any atom is -0.448 e. The van der Waals surface area contributed by atoms with Gasteiger partial charge in [0.15, 0.2) is 11.8 Å². The van der Waals surface area contributed by atoms with Crippen LogP contribution in [0.2, 0.25) is 0 Å². The van der Waals surface area contributed by atoms with E-state index in [0.29, 0.717) is 12.2 Å². The fourth-order valence-corrected chi connectivity index (χ4v) is 1.59. The number of nitrogens with one attached hydrogen (secondary N) is 2. The standard InChI is InChI=1S/C12H19N5O4/c1-5-17-9(8(13)6(2)16-17)11(19)21-7(3)10(18)15-12(20)14-4/h7H,5,13H2,1-4H3,(H2,14,15,18,20). The molecule has 21 heavy (non-hydrogen) atoms. The predicted octanol–water partition coefficient (Wildman–Crippen LogP) is -0.205. The second kappa shape index (κ2) is 6.73. The van der Waals surface area contributed by atoms with Gasteiger partial charge >= 0.3 is 12.0 Å². The third-order valence-corrected chi connectivity index (χ3v) is 2.78. The Balaban J connectivity index is 2.82. The maximum Gasteiger partial charge on any atom is 0.359 e. The molecule has 4 N–H and O–H groups in total. The number of carbonyl (C=O) groups is 3. The molecule has 1 heterocycles. The molecule has 0 aliphatic heterocycles. The van der Waals surface area contributed by atoms with Gasteiger partial charge in [0.25, 0.3) is 5.91 Å². The lowest BCUT2D eigenvalue weighted by atomic mass is 10.3. The maximum absolute atomic E-state index is 12.1. The Morgan fingerprint density at radius 3 is 2.57 bits per heavy atom. The molecular weight excluding hydrogens is 278 g/mol. The van der Waals surface area contributed by atoms with Gasteiger partial charge in [-0.05, 0) is 20.8 Å². The largest absolute Gasteiger partial charge is 0.448 e. The van der Waals surface area contributed by atoms with E-state index in [2.05, 4.69) is 10.4 Å². The topological polar surface area (TPSA) is 128 Å². The monoisotopic (exact) mass is 297 g/mol. The van der Waals surface area contributed by atoms with E-state index in [9.17, 15) is 14.4 Å². The number of rotatable bonds is 4. The summed E-state index contributed by atoms with van der Waals surface area (Å²) >= 11 is 0. The third kappa shape index (κ3) is 3.71. The number of esters is 1. The first-order chi connectivity index (χ1) is 9.81. The fourth-order valence-electron chi connectivity index (χ4n) is 1.59. The Hall–Kier alpha value is -2.58. The SMILES string of the molecule is CCn1nc(C)c(N)c1C(=O)OC(C)C(=O)NC(=O)NC. The molecule has 0 fully saturated rings. The Morgan fingerprint density at radius 1 is 1.43 bits per heavy atom. The number of nitrogen functional groups attached to an aromatic ring is 1. The molecule has 0 aliphatic rings. The van der Waals surface area contributed by atoms with Gasteiger partial charge in [0.05, 0.1) is 11.4 Å². The molecule has 1 rings (SSSR count). The van der Waals surface area contributed by atoms with Gasteiger partial charge in [-0.25, -0.2) is 9.59 Å². The molecule has 1 atom stereocenters. The highest BCUT2D eigenvalue weighted by Gasteiger charge is 2.25. The number of hydrogen-bond donors (Lipinski definition) is 3. The molecule has 1 aromatic rings. The zero-order chi connectivity index (χ0) is 16.2. The van der Waals surface area contributed by atoms with Crippen molar-refractivity contribution in [1.82, 2.24) is 20.4 Å². The number of carbonyl (C=O) groups excluding carboxylic acids is 3. The van der Waals surface area contributed by atoms with E-state index in [0.717, 1.165) is 0 Å². The van der Waals surface area contributed by atoms with Crippen molar-refractivity contribution in [3.8, 4) is 0 Å². The van der Waals surface area contributed by atoms with E-state index in [4.69, 9.17) is 10.5 Å². The summed E-state index contributed by atoms with van der Waals surface area (Å²) in [5.74, 6) is -1.50. The highest BCUT2D eigenvalue weighted by molar-refractivity contribution is 5.99. The smallest absolute Gasteiger partial charge is 0.359 e. The molecule has 9 nitrogen and oxygen atoms in total. The van der Waals surface area contributed by atoms with Crippen LogP contribution in [0.1, 0.15) is 30.0 Å². The molecular formula is C12H19N5O4. The van der Waals surface area contributed by atoms with Crippen LogP contribution in [-0.4, -0.2) is 40.8 Å². The van der Waals surface area contributed by atoms with Crippen molar-refractivity contribution in [2.24, 2.45) is 0 Å². The van der Waals surface area contributed by atoms with Crippen LogP contribution in [0.15, 0.2) is 0 Å². The van der Waals surface area contributed by atoms with Crippen molar-refractivity contribution in [3.63, 3.8) is 0 Å². The van der Waals surface area contributed by atoms with Crippen molar-refractivity contribution < 1.29 is 19.1 Å². The van der Waals surface area contributed by atoms with Gasteiger partial charge in [0.2, 0.25) is 0 Å². The molecule has 3 amide bonds. The van der Waals surface area contributed by atoms with Crippen LogP contribution in [0.3, 0.4) is 0 Å². The van der Waals surface area contributed by atoms with Crippen LogP contribution in [0.5, 0.6) is 0 Å². The average molecular weight is 297 g/mol. The number of aromatic nitrogens is 2. The first-order valence-corrected chi connectivity index (χ1v) is 6.38. The van der Waals surface area contributed by atoms with Crippen LogP contribution < -0.4 is 16.4 Å². The average Bonchev–Trinajstić information content (AvgIpc) is 2.73. The molecule has 0 spiro atoms. The number of nitrogens with two attached hydrogens (primary N) is 1. The first kappa shape index (κ1) is 16.5. The summed E-state index contributed by atoms with van der Waals surface area (Å²) in [7, 11) is 1.36. The zero-order valence-electron chi connectivity index (χ0n) is 12.4. The van der Waals surface area contributed by atoms with Crippen molar-refractivity contribution in [2.75, 3.05) is 12.8 Å². The molecule has 0 aromatic carbocycles. The molecule has 9 heteroatoms. The Morgan fingerprint density at radius 2 is 2.05 bits per heavy atom. The molecule has 0 aliphatic carbocycles. The van der Waals surface area contributed by atoms with Gasteiger partial charge in [-0.2, -0.15) is 5.10 Å². The van der Waals surface area contributed by atoms with Crippen LogP contribution in [0.25, 0.3) is 0 Å². The maximum atomic E-state index is 12.1. The predicted molar refractivity (Wildman–Crippen MR) is 74.5 cm³/mol. The number of amides is 3. The highest BCUT2D eigenvalue weighted by Crippen LogP contribution is 2.18. The Bertz CT molecular complexity index is 566. The van der Waals surface area contributed by atoms with E-state index in [1.807, 2.05) is 5.32 Å². The number of aryl methyl sites for hydroxylation is 2. The Kier molecular flexibility index (Phi) is 5.28. The molecule has 1 unspecified atom stereocenters. The second-order valence-electron chi connectivity index (χ2n) is 4.28. The van der Waals surface area contributed by atoms with E-state index < -0.39 is 24.0 Å². The third-order valence-electron chi connectivity index (χ3n) is 2.78. The minimum atomic E-state index is -1.14. The summed E-state index contributed by atoms with van der Waals surface area (Å²) in [6.45, 7) is 5.25. The van der Waals surface area contributed by atoms with Crippen molar-refractivity contribution >= 4 is 23.6 Å². The number of imide groups is 1. The van der Waals surface area contributed by atoms with Gasteiger partial charge < -0.3 is 15.8 Å². The molecule has 0 bridgehead atoms. The van der Waals surface area contributed by atoms with Crippen molar-refractivity contribution in [3.05, 3.63) is 11.4 Å². The Labute approximate surface area is 121 Å². The summed E-state index contributed by atoms with van der Waals surface area (Å²) in [4.78, 5) is 34.7. The number of urea groups is 1. The number of nitrogens with zero attached hydrogens (tertiary/aromatic N) is 2. The van der Waals surface area contributed by atoms with E-state index >= 15 is 0 Å². The highest BCUT2D eigenvalue weighted by atomic mass is 16.5. The number of ether oxygens (including phenoxy) is 1. The quantitative estimate of drug-likeness (QED) is 0.660. The lowest BCUT2D eigenvalue weighted by Gasteiger charge is -2.13. The van der Waals surface area contributed by atoms with Crippen LogP contribution >= 0.6 is 0 Å². The van der Waals surface area contributed by atoms with E-state index in [1.54, 1.807) is 13.8 Å². The lowest BCUT2D eigenvalue weighted by Crippen LogP contribution is -2.43. The summed E-state index contributed by atoms with van der Waals surface area (Å²) in [6, 6.07) is -0.683. The van der Waals surface area contributed by atoms with Gasteiger partial charge in [0, 0.05) is 13.6 Å². The van der Waals surface area contributed by atoms with Gasteiger partial charge in [0.1, 0.15) is 0 Å².